The number of anilines is 1. The van der Waals surface area contributed by atoms with Gasteiger partial charge in [0, 0.05) is 18.5 Å². The third kappa shape index (κ3) is 3.46. The van der Waals surface area contributed by atoms with Crippen molar-refractivity contribution < 1.29 is 8.42 Å². The van der Waals surface area contributed by atoms with Crippen molar-refractivity contribution in [1.29, 1.82) is 0 Å². The van der Waals surface area contributed by atoms with Gasteiger partial charge < -0.3 is 0 Å². The minimum absolute atomic E-state index is 0.0534. The molecule has 124 valence electrons. The van der Waals surface area contributed by atoms with Gasteiger partial charge in [-0.3, -0.25) is 4.72 Å². The van der Waals surface area contributed by atoms with Gasteiger partial charge in [-0.05, 0) is 18.2 Å². The maximum atomic E-state index is 12.5. The van der Waals surface area contributed by atoms with Gasteiger partial charge in [0.1, 0.15) is 17.0 Å². The number of hydrogen-bond donors (Lipinski definition) is 1. The lowest BCUT2D eigenvalue weighted by Crippen LogP contribution is -2.15. The fraction of sp³-hybridized carbons (Fsp3) is 0. The smallest absolute Gasteiger partial charge is 0.263 e. The predicted molar refractivity (Wildman–Crippen MR) is 91.4 cm³/mol. The van der Waals surface area contributed by atoms with Crippen LogP contribution >= 0.6 is 34.8 Å². The number of halogens is 3. The Morgan fingerprint density at radius 2 is 1.75 bits per heavy atom. The van der Waals surface area contributed by atoms with Crippen molar-refractivity contribution in [2.45, 2.75) is 4.90 Å². The van der Waals surface area contributed by atoms with Crippen molar-refractivity contribution >= 4 is 50.6 Å². The fourth-order valence-corrected chi connectivity index (χ4v) is 3.84. The molecule has 24 heavy (non-hydrogen) atoms. The van der Waals surface area contributed by atoms with Gasteiger partial charge in [0.25, 0.3) is 10.0 Å². The molecule has 2 heterocycles. The van der Waals surface area contributed by atoms with Crippen LogP contribution in [0.2, 0.25) is 15.1 Å². The molecular formula is C13H8Cl3N5O2S. The highest BCUT2D eigenvalue weighted by Gasteiger charge is 2.21. The topological polar surface area (TPSA) is 89.8 Å². The molecule has 1 N–H and O–H groups in total. The first-order valence-electron chi connectivity index (χ1n) is 6.36. The minimum Gasteiger partial charge on any atom is -0.263 e. The largest absolute Gasteiger partial charge is 0.264 e. The van der Waals surface area contributed by atoms with E-state index in [-0.39, 0.29) is 25.8 Å². The number of nitrogens with one attached hydrogen (secondary N) is 1. The highest BCUT2D eigenvalue weighted by Crippen LogP contribution is 2.32. The van der Waals surface area contributed by atoms with E-state index in [0.29, 0.717) is 5.82 Å². The van der Waals surface area contributed by atoms with Crippen LogP contribution in [0.25, 0.3) is 5.82 Å². The van der Waals surface area contributed by atoms with Gasteiger partial charge in [-0.25, -0.2) is 23.1 Å². The lowest BCUT2D eigenvalue weighted by atomic mass is 10.4. The number of hydrogen-bond acceptors (Lipinski definition) is 5. The average molecular weight is 405 g/mol. The maximum absolute atomic E-state index is 12.5. The average Bonchev–Trinajstić information content (AvgIpc) is 3.05. The molecule has 7 nitrogen and oxygen atoms in total. The molecule has 1 aromatic carbocycles. The van der Waals surface area contributed by atoms with Crippen LogP contribution in [0.15, 0.2) is 47.9 Å². The van der Waals surface area contributed by atoms with E-state index in [1.807, 2.05) is 0 Å². The van der Waals surface area contributed by atoms with Crippen LogP contribution in [0, 0.1) is 0 Å². The Morgan fingerprint density at radius 1 is 1.00 bits per heavy atom. The molecule has 0 amide bonds. The van der Waals surface area contributed by atoms with Crippen molar-refractivity contribution in [3.8, 4) is 5.82 Å². The van der Waals surface area contributed by atoms with Crippen LogP contribution in [0.4, 0.5) is 5.82 Å². The maximum Gasteiger partial charge on any atom is 0.264 e. The lowest BCUT2D eigenvalue weighted by molar-refractivity contribution is 0.601. The second-order valence-corrected chi connectivity index (χ2v) is 7.39. The van der Waals surface area contributed by atoms with E-state index in [4.69, 9.17) is 34.8 Å². The monoisotopic (exact) mass is 403 g/mol. The van der Waals surface area contributed by atoms with E-state index in [1.54, 1.807) is 18.5 Å². The Kier molecular flexibility index (Phi) is 4.64. The molecule has 0 radical (unpaired) electrons. The lowest BCUT2D eigenvalue weighted by Gasteiger charge is -2.10. The third-order valence-electron chi connectivity index (χ3n) is 2.90. The fourth-order valence-electron chi connectivity index (χ4n) is 1.84. The van der Waals surface area contributed by atoms with E-state index in [0.717, 1.165) is 0 Å². The molecule has 0 unspecified atom stereocenters. The highest BCUT2D eigenvalue weighted by molar-refractivity contribution is 7.92. The summed E-state index contributed by atoms with van der Waals surface area (Å²) in [7, 11) is -4.01. The summed E-state index contributed by atoms with van der Waals surface area (Å²) in [5, 5.41) is 4.18. The molecule has 11 heteroatoms. The van der Waals surface area contributed by atoms with Gasteiger partial charge in [0.05, 0.1) is 15.1 Å². The third-order valence-corrected chi connectivity index (χ3v) is 5.44. The molecule has 2 aromatic heterocycles. The summed E-state index contributed by atoms with van der Waals surface area (Å²) in [5.41, 5.74) is 0. The van der Waals surface area contributed by atoms with Crippen LogP contribution in [0.3, 0.4) is 0 Å². The summed E-state index contributed by atoms with van der Waals surface area (Å²) >= 11 is 17.6. The summed E-state index contributed by atoms with van der Waals surface area (Å²) in [4.78, 5) is 7.69. The number of rotatable bonds is 4. The molecule has 0 saturated carbocycles. The first kappa shape index (κ1) is 17.0. The van der Waals surface area contributed by atoms with Crippen molar-refractivity contribution in [3.05, 3.63) is 58.1 Å². The molecule has 0 fully saturated rings. The van der Waals surface area contributed by atoms with Crippen LogP contribution in [-0.2, 0) is 10.0 Å². The number of benzene rings is 1. The summed E-state index contributed by atoms with van der Waals surface area (Å²) in [5.74, 6) is 0.450. The quantitative estimate of drug-likeness (QED) is 0.673. The Hall–Kier alpha value is -1.87. The molecule has 0 aliphatic carbocycles. The van der Waals surface area contributed by atoms with Crippen molar-refractivity contribution in [1.82, 2.24) is 19.7 Å². The van der Waals surface area contributed by atoms with E-state index in [1.165, 1.54) is 29.2 Å². The summed E-state index contributed by atoms with van der Waals surface area (Å²) in [6.07, 6.45) is 4.45. The van der Waals surface area contributed by atoms with Crippen molar-refractivity contribution in [3.63, 3.8) is 0 Å². The zero-order valence-corrected chi connectivity index (χ0v) is 14.8. The molecule has 3 aromatic rings. The Bertz CT molecular complexity index is 993. The number of sulfonamides is 1. The highest BCUT2D eigenvalue weighted by atomic mass is 35.5. The van der Waals surface area contributed by atoms with E-state index < -0.39 is 10.0 Å². The standard InChI is InChI=1S/C13H8Cl3N5O2S/c14-8-4-10(16)11(5-9(8)15)24(22,23)20-12-6-13(18-7-17-12)21-3-1-2-19-21/h1-7H,(H,17,18,20). The van der Waals surface area contributed by atoms with E-state index in [2.05, 4.69) is 19.8 Å². The minimum atomic E-state index is -4.01. The first-order valence-corrected chi connectivity index (χ1v) is 8.98. The van der Waals surface area contributed by atoms with Gasteiger partial charge >= 0.3 is 0 Å². The van der Waals surface area contributed by atoms with E-state index >= 15 is 0 Å². The Labute approximate surface area is 152 Å². The van der Waals surface area contributed by atoms with Crippen molar-refractivity contribution in [2.24, 2.45) is 0 Å². The Balaban J connectivity index is 1.96. The van der Waals surface area contributed by atoms with Crippen LogP contribution in [0.1, 0.15) is 0 Å². The van der Waals surface area contributed by atoms with Gasteiger partial charge in [-0.1, -0.05) is 34.8 Å². The predicted octanol–water partition coefficient (Wildman–Crippen LogP) is 3.42. The zero-order valence-electron chi connectivity index (χ0n) is 11.7. The van der Waals surface area contributed by atoms with Crippen LogP contribution < -0.4 is 4.72 Å². The first-order chi connectivity index (χ1) is 11.4. The van der Waals surface area contributed by atoms with Crippen LogP contribution in [-0.4, -0.2) is 28.2 Å². The molecule has 0 saturated heterocycles. The summed E-state index contributed by atoms with van der Waals surface area (Å²) in [6, 6.07) is 5.57. The normalized spacial score (nSPS) is 11.5. The summed E-state index contributed by atoms with van der Waals surface area (Å²) < 4.78 is 28.8. The molecular weight excluding hydrogens is 397 g/mol. The molecule has 0 atom stereocenters. The van der Waals surface area contributed by atoms with Crippen molar-refractivity contribution in [2.75, 3.05) is 4.72 Å². The molecule has 3 rings (SSSR count). The van der Waals surface area contributed by atoms with Gasteiger partial charge in [0.15, 0.2) is 5.82 Å². The number of nitrogens with zero attached hydrogens (tertiary/aromatic N) is 4. The second kappa shape index (κ2) is 6.56. The van der Waals surface area contributed by atoms with Gasteiger partial charge in [-0.15, -0.1) is 0 Å². The van der Waals surface area contributed by atoms with Crippen LogP contribution in [0.5, 0.6) is 0 Å². The number of aromatic nitrogens is 4. The Morgan fingerprint density at radius 3 is 2.46 bits per heavy atom. The SMILES string of the molecule is O=S(=O)(Nc1cc(-n2cccn2)ncn1)c1cc(Cl)c(Cl)cc1Cl. The van der Waals surface area contributed by atoms with Gasteiger partial charge in [-0.2, -0.15) is 5.10 Å². The second-order valence-electron chi connectivity index (χ2n) is 4.51. The van der Waals surface area contributed by atoms with Gasteiger partial charge in [0.2, 0.25) is 0 Å². The summed E-state index contributed by atoms with van der Waals surface area (Å²) in [6.45, 7) is 0. The molecule has 0 aliphatic rings. The molecule has 0 bridgehead atoms. The zero-order chi connectivity index (χ0) is 17.3. The molecule has 0 spiro atoms. The molecule has 0 aliphatic heterocycles. The van der Waals surface area contributed by atoms with E-state index in [9.17, 15) is 8.42 Å².